The number of nitrogens with zero attached hydrogens (tertiary/aromatic N) is 4. The number of hydrogen-bond donors (Lipinski definition) is 0. The van der Waals surface area contributed by atoms with E-state index in [2.05, 4.69) is 41.0 Å². The number of rotatable bonds is 2. The van der Waals surface area contributed by atoms with Crippen LogP contribution in [0.25, 0.3) is 0 Å². The van der Waals surface area contributed by atoms with Crippen molar-refractivity contribution in [2.45, 2.75) is 72.0 Å². The lowest BCUT2D eigenvalue weighted by Crippen LogP contribution is -2.51. The molecule has 2 aromatic rings. The van der Waals surface area contributed by atoms with E-state index in [-0.39, 0.29) is 5.56 Å². The number of hydrogen-bond acceptors (Lipinski definition) is 4. The molecule has 1 saturated carbocycles. The molecule has 2 aliphatic rings. The average Bonchev–Trinajstić information content (AvgIpc) is 2.96. The number of anilines is 2. The van der Waals surface area contributed by atoms with Gasteiger partial charge in [0, 0.05) is 23.0 Å². The van der Waals surface area contributed by atoms with E-state index in [9.17, 15) is 4.79 Å². The highest BCUT2D eigenvalue weighted by Gasteiger charge is 2.31. The standard InChI is InChI=1S/C22H30N4O/c1-16-10-12-20(13-11-16)25-14-24(19-8-6-4-5-7-9-19)15-26-21(27)17(2)18(3)23-22(25)26/h10-13,19H,4-9,14-15H2,1-3H3. The summed E-state index contributed by atoms with van der Waals surface area (Å²) >= 11 is 0. The van der Waals surface area contributed by atoms with Crippen LogP contribution < -0.4 is 10.5 Å². The molecule has 0 atom stereocenters. The van der Waals surface area contributed by atoms with E-state index < -0.39 is 0 Å². The Kier molecular flexibility index (Phi) is 5.04. The molecule has 0 N–H and O–H groups in total. The Labute approximate surface area is 161 Å². The summed E-state index contributed by atoms with van der Waals surface area (Å²) in [4.78, 5) is 22.5. The van der Waals surface area contributed by atoms with Crippen molar-refractivity contribution in [1.29, 1.82) is 0 Å². The first-order valence-corrected chi connectivity index (χ1v) is 10.2. The summed E-state index contributed by atoms with van der Waals surface area (Å²) in [5, 5.41) is 0. The van der Waals surface area contributed by atoms with Crippen molar-refractivity contribution in [3.05, 3.63) is 51.4 Å². The Morgan fingerprint density at radius 1 is 0.926 bits per heavy atom. The van der Waals surface area contributed by atoms with Crippen LogP contribution in [0.4, 0.5) is 11.6 Å². The molecule has 4 rings (SSSR count). The van der Waals surface area contributed by atoms with Gasteiger partial charge in [0.05, 0.1) is 13.3 Å². The van der Waals surface area contributed by atoms with Gasteiger partial charge in [0.2, 0.25) is 5.95 Å². The normalized spacial score (nSPS) is 19.0. The first kappa shape index (κ1) is 18.2. The molecule has 0 bridgehead atoms. The zero-order valence-electron chi connectivity index (χ0n) is 16.7. The minimum atomic E-state index is 0.0907. The van der Waals surface area contributed by atoms with Gasteiger partial charge in [-0.2, -0.15) is 0 Å². The van der Waals surface area contributed by atoms with E-state index >= 15 is 0 Å². The van der Waals surface area contributed by atoms with Crippen LogP contribution in [-0.4, -0.2) is 27.2 Å². The highest BCUT2D eigenvalue weighted by atomic mass is 16.1. The fourth-order valence-electron chi connectivity index (χ4n) is 4.32. The second-order valence-corrected chi connectivity index (χ2v) is 8.14. The topological polar surface area (TPSA) is 41.4 Å². The zero-order valence-corrected chi connectivity index (χ0v) is 16.7. The lowest BCUT2D eigenvalue weighted by molar-refractivity contribution is 0.123. The minimum Gasteiger partial charge on any atom is -0.298 e. The first-order chi connectivity index (χ1) is 13.0. The van der Waals surface area contributed by atoms with Gasteiger partial charge in [0.25, 0.3) is 5.56 Å². The second-order valence-electron chi connectivity index (χ2n) is 8.14. The van der Waals surface area contributed by atoms with Gasteiger partial charge >= 0.3 is 0 Å². The third-order valence-electron chi connectivity index (χ3n) is 6.19. The predicted molar refractivity (Wildman–Crippen MR) is 109 cm³/mol. The number of aryl methyl sites for hydroxylation is 2. The summed E-state index contributed by atoms with van der Waals surface area (Å²) in [6.07, 6.45) is 7.70. The molecule has 0 spiro atoms. The van der Waals surface area contributed by atoms with Crippen LogP contribution in [0.5, 0.6) is 0 Å². The van der Waals surface area contributed by atoms with E-state index in [1.54, 1.807) is 0 Å². The van der Waals surface area contributed by atoms with Gasteiger partial charge in [-0.15, -0.1) is 0 Å². The van der Waals surface area contributed by atoms with E-state index in [4.69, 9.17) is 4.98 Å². The van der Waals surface area contributed by atoms with Crippen molar-refractivity contribution >= 4 is 11.6 Å². The molecule has 144 valence electrons. The van der Waals surface area contributed by atoms with Crippen molar-refractivity contribution in [2.75, 3.05) is 11.6 Å². The lowest BCUT2D eigenvalue weighted by Gasteiger charge is -2.42. The van der Waals surface area contributed by atoms with Gasteiger partial charge < -0.3 is 0 Å². The third-order valence-corrected chi connectivity index (χ3v) is 6.19. The van der Waals surface area contributed by atoms with Gasteiger partial charge in [-0.1, -0.05) is 43.4 Å². The molecular weight excluding hydrogens is 336 g/mol. The molecule has 1 aromatic heterocycles. The average molecular weight is 367 g/mol. The molecule has 0 amide bonds. The maximum absolute atomic E-state index is 13.0. The molecule has 1 fully saturated rings. The smallest absolute Gasteiger partial charge is 0.259 e. The summed E-state index contributed by atoms with van der Waals surface area (Å²) in [5.74, 6) is 0.775. The molecule has 1 aromatic carbocycles. The van der Waals surface area contributed by atoms with Crippen molar-refractivity contribution in [3.63, 3.8) is 0 Å². The summed E-state index contributed by atoms with van der Waals surface area (Å²) in [7, 11) is 0. The molecular formula is C22H30N4O. The SMILES string of the molecule is Cc1ccc(N2CN(C3CCCCCC3)Cn3c2nc(C)c(C)c3=O)cc1. The Balaban J connectivity index is 1.77. The molecule has 5 nitrogen and oxygen atoms in total. The Hall–Kier alpha value is -2.14. The largest absolute Gasteiger partial charge is 0.298 e. The highest BCUT2D eigenvalue weighted by Crippen LogP contribution is 2.31. The van der Waals surface area contributed by atoms with Crippen molar-refractivity contribution < 1.29 is 0 Å². The van der Waals surface area contributed by atoms with Crippen LogP contribution in [-0.2, 0) is 6.67 Å². The molecule has 2 heterocycles. The molecule has 0 radical (unpaired) electrons. The van der Waals surface area contributed by atoms with Gasteiger partial charge in [-0.05, 0) is 45.7 Å². The lowest BCUT2D eigenvalue weighted by atomic mass is 10.1. The molecule has 0 saturated heterocycles. The first-order valence-electron chi connectivity index (χ1n) is 10.2. The quantitative estimate of drug-likeness (QED) is 0.745. The maximum atomic E-state index is 13.0. The summed E-state index contributed by atoms with van der Waals surface area (Å²) in [6.45, 7) is 7.36. The van der Waals surface area contributed by atoms with Gasteiger partial charge in [-0.25, -0.2) is 4.98 Å². The van der Waals surface area contributed by atoms with Crippen LogP contribution in [0, 0.1) is 20.8 Å². The second kappa shape index (κ2) is 7.47. The van der Waals surface area contributed by atoms with Crippen molar-refractivity contribution in [3.8, 4) is 0 Å². The maximum Gasteiger partial charge on any atom is 0.259 e. The van der Waals surface area contributed by atoms with E-state index in [1.165, 1.54) is 44.1 Å². The van der Waals surface area contributed by atoms with Crippen molar-refractivity contribution in [1.82, 2.24) is 14.5 Å². The number of aromatic nitrogens is 2. The van der Waals surface area contributed by atoms with E-state index in [0.29, 0.717) is 12.7 Å². The summed E-state index contributed by atoms with van der Waals surface area (Å²) in [5.41, 5.74) is 4.01. The summed E-state index contributed by atoms with van der Waals surface area (Å²) in [6, 6.07) is 9.07. The van der Waals surface area contributed by atoms with Gasteiger partial charge in [-0.3, -0.25) is 19.2 Å². The Bertz CT molecular complexity index is 863. The van der Waals surface area contributed by atoms with Crippen LogP contribution in [0.2, 0.25) is 0 Å². The molecule has 0 unspecified atom stereocenters. The van der Waals surface area contributed by atoms with Crippen LogP contribution in [0.15, 0.2) is 29.1 Å². The number of fused-ring (bicyclic) bond motifs is 1. The van der Waals surface area contributed by atoms with Crippen LogP contribution >= 0.6 is 0 Å². The predicted octanol–water partition coefficient (Wildman–Crippen LogP) is 4.26. The molecule has 1 aliphatic carbocycles. The van der Waals surface area contributed by atoms with Gasteiger partial charge in [0.15, 0.2) is 0 Å². The third kappa shape index (κ3) is 3.53. The fraction of sp³-hybridized carbons (Fsp3) is 0.545. The number of benzene rings is 1. The van der Waals surface area contributed by atoms with Crippen LogP contribution in [0.3, 0.4) is 0 Å². The monoisotopic (exact) mass is 366 g/mol. The van der Waals surface area contributed by atoms with E-state index in [1.807, 2.05) is 18.4 Å². The fourth-order valence-corrected chi connectivity index (χ4v) is 4.32. The molecule has 27 heavy (non-hydrogen) atoms. The Morgan fingerprint density at radius 3 is 2.26 bits per heavy atom. The van der Waals surface area contributed by atoms with Gasteiger partial charge in [0.1, 0.15) is 0 Å². The van der Waals surface area contributed by atoms with Crippen LogP contribution in [0.1, 0.15) is 55.3 Å². The Morgan fingerprint density at radius 2 is 1.59 bits per heavy atom. The summed E-state index contributed by atoms with van der Waals surface area (Å²) < 4.78 is 1.87. The van der Waals surface area contributed by atoms with E-state index in [0.717, 1.165) is 29.6 Å². The molecule has 1 aliphatic heterocycles. The van der Waals surface area contributed by atoms with Crippen molar-refractivity contribution in [2.24, 2.45) is 0 Å². The minimum absolute atomic E-state index is 0.0907. The zero-order chi connectivity index (χ0) is 19.0. The highest BCUT2D eigenvalue weighted by molar-refractivity contribution is 5.58. The molecule has 5 heteroatoms.